The Kier molecular flexibility index (Phi) is 5.24. The average molecular weight is 321 g/mol. The van der Waals surface area contributed by atoms with Gasteiger partial charge in [-0.2, -0.15) is 8.78 Å². The van der Waals surface area contributed by atoms with Crippen LogP contribution in [0.2, 0.25) is 0 Å². The van der Waals surface area contributed by atoms with Crippen molar-refractivity contribution in [3.8, 4) is 5.75 Å². The zero-order valence-corrected chi connectivity index (χ0v) is 12.1. The van der Waals surface area contributed by atoms with Gasteiger partial charge in [0.1, 0.15) is 5.75 Å². The molecule has 1 N–H and O–H groups in total. The van der Waals surface area contributed by atoms with Gasteiger partial charge >= 0.3 is 12.6 Å². The highest BCUT2D eigenvalue weighted by Gasteiger charge is 2.15. The van der Waals surface area contributed by atoms with Crippen molar-refractivity contribution in [1.82, 2.24) is 0 Å². The molecule has 0 aliphatic carbocycles. The van der Waals surface area contributed by atoms with Crippen molar-refractivity contribution in [3.05, 3.63) is 59.7 Å². The molecule has 0 heterocycles. The molecule has 0 radical (unpaired) electrons. The molecule has 2 aromatic rings. The van der Waals surface area contributed by atoms with E-state index in [-0.39, 0.29) is 22.6 Å². The molecule has 0 bridgehead atoms. The first kappa shape index (κ1) is 16.4. The molecule has 0 aliphatic heterocycles. The van der Waals surface area contributed by atoms with E-state index in [1.54, 1.807) is 12.1 Å². The molecule has 0 atom stereocenters. The third-order valence-electron chi connectivity index (χ3n) is 2.90. The van der Waals surface area contributed by atoms with Crippen molar-refractivity contribution in [2.45, 2.75) is 6.61 Å². The van der Waals surface area contributed by atoms with E-state index in [1.807, 2.05) is 0 Å². The summed E-state index contributed by atoms with van der Waals surface area (Å²) in [4.78, 5) is 23.9. The number of hydrogen-bond donors (Lipinski definition) is 1. The molecule has 0 aromatic heterocycles. The first-order valence-corrected chi connectivity index (χ1v) is 6.55. The summed E-state index contributed by atoms with van der Waals surface area (Å²) in [6.07, 6.45) is 0. The number of hydrogen-bond acceptors (Lipinski definition) is 4. The Labute approximate surface area is 130 Å². The van der Waals surface area contributed by atoms with Gasteiger partial charge in [0.05, 0.1) is 18.4 Å². The van der Waals surface area contributed by atoms with E-state index in [4.69, 9.17) is 0 Å². The molecule has 2 aromatic carbocycles. The van der Waals surface area contributed by atoms with Gasteiger partial charge in [-0.05, 0) is 30.3 Å². The van der Waals surface area contributed by atoms with Gasteiger partial charge in [0.25, 0.3) is 5.91 Å². The molecule has 0 saturated carbocycles. The Hall–Kier alpha value is -2.96. The number of alkyl halides is 2. The summed E-state index contributed by atoms with van der Waals surface area (Å²) in [5.41, 5.74) is 0.552. The maximum absolute atomic E-state index is 12.2. The molecule has 23 heavy (non-hydrogen) atoms. The van der Waals surface area contributed by atoms with Gasteiger partial charge in [-0.1, -0.05) is 18.2 Å². The maximum Gasteiger partial charge on any atom is 0.387 e. The van der Waals surface area contributed by atoms with Gasteiger partial charge in [-0.25, -0.2) is 4.79 Å². The second kappa shape index (κ2) is 7.35. The fourth-order valence-electron chi connectivity index (χ4n) is 1.89. The van der Waals surface area contributed by atoms with Crippen LogP contribution in [0.1, 0.15) is 20.7 Å². The number of rotatable bonds is 5. The molecular weight excluding hydrogens is 308 g/mol. The van der Waals surface area contributed by atoms with Gasteiger partial charge in [-0.3, -0.25) is 4.79 Å². The monoisotopic (exact) mass is 321 g/mol. The Morgan fingerprint density at radius 3 is 2.52 bits per heavy atom. The Bertz CT molecular complexity index is 719. The number of amides is 1. The van der Waals surface area contributed by atoms with Crippen LogP contribution in [0.5, 0.6) is 5.75 Å². The largest absolute Gasteiger partial charge is 0.465 e. The van der Waals surface area contributed by atoms with Crippen LogP contribution in [0.25, 0.3) is 0 Å². The van der Waals surface area contributed by atoms with Gasteiger partial charge in [0.15, 0.2) is 0 Å². The van der Waals surface area contributed by atoms with E-state index in [1.165, 1.54) is 43.5 Å². The lowest BCUT2D eigenvalue weighted by molar-refractivity contribution is -0.0498. The summed E-state index contributed by atoms with van der Waals surface area (Å²) < 4.78 is 33.3. The van der Waals surface area contributed by atoms with Crippen LogP contribution < -0.4 is 10.1 Å². The minimum absolute atomic E-state index is 0.114. The highest BCUT2D eigenvalue weighted by Crippen LogP contribution is 2.20. The van der Waals surface area contributed by atoms with Crippen molar-refractivity contribution < 1.29 is 27.8 Å². The molecule has 2 rings (SSSR count). The quantitative estimate of drug-likeness (QED) is 0.858. The minimum atomic E-state index is -2.98. The second-order valence-corrected chi connectivity index (χ2v) is 4.40. The van der Waals surface area contributed by atoms with Crippen LogP contribution in [-0.4, -0.2) is 25.6 Å². The van der Waals surface area contributed by atoms with Crippen LogP contribution in [0, 0.1) is 0 Å². The number of anilines is 1. The van der Waals surface area contributed by atoms with E-state index in [0.717, 1.165) is 0 Å². The first-order valence-electron chi connectivity index (χ1n) is 6.55. The number of carbonyl (C=O) groups excluding carboxylic acids is 2. The van der Waals surface area contributed by atoms with Gasteiger partial charge < -0.3 is 14.8 Å². The summed E-state index contributed by atoms with van der Waals surface area (Å²) in [5.74, 6) is -1.30. The SMILES string of the molecule is COC(=O)c1ccccc1NC(=O)c1cccc(OC(F)F)c1. The highest BCUT2D eigenvalue weighted by atomic mass is 19.3. The predicted octanol–water partition coefficient (Wildman–Crippen LogP) is 3.33. The van der Waals surface area contributed by atoms with Crippen LogP contribution in [-0.2, 0) is 4.74 Å². The Morgan fingerprint density at radius 2 is 1.83 bits per heavy atom. The number of methoxy groups -OCH3 is 1. The summed E-state index contributed by atoms with van der Waals surface area (Å²) in [7, 11) is 1.23. The van der Waals surface area contributed by atoms with E-state index >= 15 is 0 Å². The molecule has 0 saturated heterocycles. The Morgan fingerprint density at radius 1 is 1.09 bits per heavy atom. The van der Waals surface area contributed by atoms with Crippen molar-refractivity contribution in [3.63, 3.8) is 0 Å². The summed E-state index contributed by atoms with van der Waals surface area (Å²) >= 11 is 0. The maximum atomic E-state index is 12.2. The minimum Gasteiger partial charge on any atom is -0.465 e. The van der Waals surface area contributed by atoms with E-state index < -0.39 is 18.5 Å². The van der Waals surface area contributed by atoms with Crippen LogP contribution in [0.3, 0.4) is 0 Å². The third-order valence-corrected chi connectivity index (χ3v) is 2.90. The number of carbonyl (C=O) groups is 2. The van der Waals surface area contributed by atoms with Gasteiger partial charge in [0.2, 0.25) is 0 Å². The van der Waals surface area contributed by atoms with E-state index in [2.05, 4.69) is 14.8 Å². The number of ether oxygens (including phenoxy) is 2. The van der Waals surface area contributed by atoms with Gasteiger partial charge in [0, 0.05) is 5.56 Å². The molecule has 0 aliphatic rings. The predicted molar refractivity (Wildman–Crippen MR) is 78.8 cm³/mol. The molecule has 0 unspecified atom stereocenters. The zero-order chi connectivity index (χ0) is 16.8. The van der Waals surface area contributed by atoms with Gasteiger partial charge in [-0.15, -0.1) is 0 Å². The van der Waals surface area contributed by atoms with Crippen molar-refractivity contribution >= 4 is 17.6 Å². The summed E-state index contributed by atoms with van der Waals surface area (Å²) in [5, 5.41) is 2.54. The molecule has 7 heteroatoms. The standard InChI is InChI=1S/C16H13F2NO4/c1-22-15(21)12-7-2-3-8-13(12)19-14(20)10-5-4-6-11(9-10)23-16(17)18/h2-9,16H,1H3,(H,19,20). The molecule has 120 valence electrons. The number of benzene rings is 2. The van der Waals surface area contributed by atoms with E-state index in [9.17, 15) is 18.4 Å². The van der Waals surface area contributed by atoms with Crippen LogP contribution in [0.4, 0.5) is 14.5 Å². The fraction of sp³-hybridized carbons (Fsp3) is 0.125. The second-order valence-electron chi connectivity index (χ2n) is 4.40. The van der Waals surface area contributed by atoms with Crippen LogP contribution >= 0.6 is 0 Å². The molecule has 1 amide bonds. The number of para-hydroxylation sites is 1. The molecular formula is C16H13F2NO4. The Balaban J connectivity index is 2.21. The molecule has 0 spiro atoms. The topological polar surface area (TPSA) is 64.6 Å². The number of nitrogens with one attached hydrogen (secondary N) is 1. The first-order chi connectivity index (χ1) is 11.0. The number of halogens is 2. The van der Waals surface area contributed by atoms with Crippen molar-refractivity contribution in [1.29, 1.82) is 0 Å². The smallest absolute Gasteiger partial charge is 0.387 e. The lowest BCUT2D eigenvalue weighted by Gasteiger charge is -2.10. The van der Waals surface area contributed by atoms with Crippen molar-refractivity contribution in [2.75, 3.05) is 12.4 Å². The fourth-order valence-corrected chi connectivity index (χ4v) is 1.89. The molecule has 5 nitrogen and oxygen atoms in total. The lowest BCUT2D eigenvalue weighted by Crippen LogP contribution is -2.15. The summed E-state index contributed by atoms with van der Waals surface area (Å²) in [6, 6.07) is 11.6. The van der Waals surface area contributed by atoms with Crippen molar-refractivity contribution in [2.24, 2.45) is 0 Å². The zero-order valence-electron chi connectivity index (χ0n) is 12.1. The number of esters is 1. The van der Waals surface area contributed by atoms with E-state index in [0.29, 0.717) is 0 Å². The average Bonchev–Trinajstić information content (AvgIpc) is 2.54. The lowest BCUT2D eigenvalue weighted by atomic mass is 10.1. The van der Waals surface area contributed by atoms with Crippen LogP contribution in [0.15, 0.2) is 48.5 Å². The highest BCUT2D eigenvalue weighted by molar-refractivity contribution is 6.08. The molecule has 0 fully saturated rings. The third kappa shape index (κ3) is 4.26. The summed E-state index contributed by atoms with van der Waals surface area (Å²) in [6.45, 7) is -2.98. The normalized spacial score (nSPS) is 10.3.